The average molecular weight is 286 g/mol. The summed E-state index contributed by atoms with van der Waals surface area (Å²) in [5.74, 6) is 0. The number of alkyl halides is 3. The maximum Gasteiger partial charge on any atom is 0.417 e. The molecule has 1 aromatic heterocycles. The van der Waals surface area contributed by atoms with Crippen LogP contribution < -0.4 is 0 Å². The van der Waals surface area contributed by atoms with Crippen LogP contribution in [0, 0.1) is 0 Å². The molecule has 1 aromatic carbocycles. The molecule has 2 nitrogen and oxygen atoms in total. The number of carbonyl (C=O) groups excluding carboxylic acids is 1. The van der Waals surface area contributed by atoms with Crippen LogP contribution in [0.25, 0.3) is 11.1 Å². The second-order valence-electron chi connectivity index (χ2n) is 3.77. The van der Waals surface area contributed by atoms with Crippen LogP contribution in [0.5, 0.6) is 0 Å². The smallest absolute Gasteiger partial charge is 0.298 e. The molecule has 2 aromatic rings. The van der Waals surface area contributed by atoms with Crippen LogP contribution in [-0.2, 0) is 6.18 Å². The summed E-state index contributed by atoms with van der Waals surface area (Å²) >= 11 is 5.82. The molecule has 6 heteroatoms. The first kappa shape index (κ1) is 13.5. The standard InChI is InChI=1S/C13H7ClF3NO/c14-12-10(5-8(7-19)6-18-12)9-3-1-2-4-11(9)13(15,16)17/h1-7H. The maximum absolute atomic E-state index is 12.9. The number of aldehydes is 1. The molecule has 0 aliphatic heterocycles. The van der Waals surface area contributed by atoms with Crippen LogP contribution in [0.1, 0.15) is 15.9 Å². The highest BCUT2D eigenvalue weighted by molar-refractivity contribution is 6.32. The Morgan fingerprint density at radius 2 is 1.84 bits per heavy atom. The summed E-state index contributed by atoms with van der Waals surface area (Å²) in [4.78, 5) is 14.4. The third kappa shape index (κ3) is 2.76. The molecule has 0 radical (unpaired) electrons. The summed E-state index contributed by atoms with van der Waals surface area (Å²) in [6, 6.07) is 6.29. The molecule has 0 fully saturated rings. The zero-order valence-electron chi connectivity index (χ0n) is 9.41. The molecule has 1 heterocycles. The van der Waals surface area contributed by atoms with E-state index in [9.17, 15) is 18.0 Å². The highest BCUT2D eigenvalue weighted by atomic mass is 35.5. The Labute approximate surface area is 111 Å². The van der Waals surface area contributed by atoms with E-state index >= 15 is 0 Å². The normalized spacial score (nSPS) is 11.4. The van der Waals surface area contributed by atoms with Crippen LogP contribution in [0.2, 0.25) is 5.15 Å². The molecular formula is C13H7ClF3NO. The number of aromatic nitrogens is 1. The lowest BCUT2D eigenvalue weighted by Gasteiger charge is -2.13. The fourth-order valence-corrected chi connectivity index (χ4v) is 1.89. The minimum atomic E-state index is -4.50. The predicted octanol–water partition coefficient (Wildman–Crippen LogP) is 4.23. The molecule has 0 spiro atoms. The van der Waals surface area contributed by atoms with Gasteiger partial charge in [0.1, 0.15) is 5.15 Å². The fourth-order valence-electron chi connectivity index (χ4n) is 1.68. The number of carbonyl (C=O) groups is 1. The monoisotopic (exact) mass is 285 g/mol. The van der Waals surface area contributed by atoms with E-state index in [0.29, 0.717) is 6.29 Å². The van der Waals surface area contributed by atoms with Crippen LogP contribution in [0.15, 0.2) is 36.5 Å². The molecule has 0 unspecified atom stereocenters. The van der Waals surface area contributed by atoms with Gasteiger partial charge < -0.3 is 0 Å². The molecule has 0 saturated carbocycles. The largest absolute Gasteiger partial charge is 0.417 e. The first-order valence-corrected chi connectivity index (χ1v) is 5.58. The Morgan fingerprint density at radius 3 is 2.47 bits per heavy atom. The molecular weight excluding hydrogens is 279 g/mol. The Bertz CT molecular complexity index is 626. The van der Waals surface area contributed by atoms with Gasteiger partial charge in [-0.15, -0.1) is 0 Å². The average Bonchev–Trinajstić information content (AvgIpc) is 2.38. The van der Waals surface area contributed by atoms with Crippen molar-refractivity contribution < 1.29 is 18.0 Å². The topological polar surface area (TPSA) is 30.0 Å². The van der Waals surface area contributed by atoms with E-state index in [0.717, 1.165) is 6.07 Å². The number of benzene rings is 1. The van der Waals surface area contributed by atoms with Gasteiger partial charge in [0.05, 0.1) is 5.56 Å². The van der Waals surface area contributed by atoms with Crippen molar-refractivity contribution >= 4 is 17.9 Å². The van der Waals surface area contributed by atoms with Gasteiger partial charge in [-0.1, -0.05) is 29.8 Å². The van der Waals surface area contributed by atoms with Crippen LogP contribution in [0.4, 0.5) is 13.2 Å². The van der Waals surface area contributed by atoms with Crippen molar-refractivity contribution in [3.8, 4) is 11.1 Å². The van der Waals surface area contributed by atoms with Crippen molar-refractivity contribution in [3.63, 3.8) is 0 Å². The number of halogens is 4. The Hall–Kier alpha value is -1.88. The molecule has 98 valence electrons. The van der Waals surface area contributed by atoms with Gasteiger partial charge in [-0.25, -0.2) is 4.98 Å². The molecule has 0 saturated heterocycles. The zero-order chi connectivity index (χ0) is 14.0. The van der Waals surface area contributed by atoms with Gasteiger partial charge in [0.2, 0.25) is 0 Å². The predicted molar refractivity (Wildman–Crippen MR) is 65.1 cm³/mol. The van der Waals surface area contributed by atoms with Gasteiger partial charge in [-0.05, 0) is 17.7 Å². The van der Waals surface area contributed by atoms with Crippen molar-refractivity contribution in [1.29, 1.82) is 0 Å². The van der Waals surface area contributed by atoms with Gasteiger partial charge in [-0.3, -0.25) is 4.79 Å². The molecule has 0 N–H and O–H groups in total. The lowest BCUT2D eigenvalue weighted by molar-refractivity contribution is -0.137. The van der Waals surface area contributed by atoms with Crippen LogP contribution >= 0.6 is 11.6 Å². The molecule has 2 rings (SSSR count). The SMILES string of the molecule is O=Cc1cnc(Cl)c(-c2ccccc2C(F)(F)F)c1. The minimum Gasteiger partial charge on any atom is -0.298 e. The third-order valence-electron chi connectivity index (χ3n) is 2.52. The summed E-state index contributed by atoms with van der Waals surface area (Å²) in [5.41, 5.74) is -0.673. The highest BCUT2D eigenvalue weighted by Gasteiger charge is 2.33. The van der Waals surface area contributed by atoms with Crippen molar-refractivity contribution in [2.45, 2.75) is 6.18 Å². The number of hydrogen-bond acceptors (Lipinski definition) is 2. The second-order valence-corrected chi connectivity index (χ2v) is 4.13. The van der Waals surface area contributed by atoms with Gasteiger partial charge in [0, 0.05) is 17.3 Å². The molecule has 0 bridgehead atoms. The molecule has 0 aliphatic rings. The minimum absolute atomic E-state index is 0.0812. The Balaban J connectivity index is 2.69. The van der Waals surface area contributed by atoms with Crippen LogP contribution in [0.3, 0.4) is 0 Å². The fraction of sp³-hybridized carbons (Fsp3) is 0.0769. The molecule has 0 atom stereocenters. The maximum atomic E-state index is 12.9. The highest BCUT2D eigenvalue weighted by Crippen LogP contribution is 2.38. The zero-order valence-corrected chi connectivity index (χ0v) is 10.2. The molecule has 19 heavy (non-hydrogen) atoms. The summed E-state index contributed by atoms with van der Waals surface area (Å²) in [7, 11) is 0. The van der Waals surface area contributed by atoms with E-state index in [1.165, 1.54) is 30.5 Å². The first-order valence-electron chi connectivity index (χ1n) is 5.21. The summed E-state index contributed by atoms with van der Waals surface area (Å²) < 4.78 is 38.7. The van der Waals surface area contributed by atoms with E-state index in [1.807, 2.05) is 0 Å². The first-order chi connectivity index (χ1) is 8.93. The van der Waals surface area contributed by atoms with E-state index < -0.39 is 11.7 Å². The van der Waals surface area contributed by atoms with Gasteiger partial charge in [0.25, 0.3) is 0 Å². The van der Waals surface area contributed by atoms with Crippen molar-refractivity contribution in [3.05, 3.63) is 52.8 Å². The second kappa shape index (κ2) is 5.01. The number of nitrogens with zero attached hydrogens (tertiary/aromatic N) is 1. The third-order valence-corrected chi connectivity index (χ3v) is 2.82. The van der Waals surface area contributed by atoms with Crippen molar-refractivity contribution in [1.82, 2.24) is 4.98 Å². The number of pyridine rings is 1. The molecule has 0 aliphatic carbocycles. The Morgan fingerprint density at radius 1 is 1.16 bits per heavy atom. The summed E-state index contributed by atoms with van der Waals surface area (Å²) in [5, 5.41) is -0.0812. The van der Waals surface area contributed by atoms with Crippen molar-refractivity contribution in [2.75, 3.05) is 0 Å². The van der Waals surface area contributed by atoms with Crippen molar-refractivity contribution in [2.24, 2.45) is 0 Å². The van der Waals surface area contributed by atoms with E-state index in [4.69, 9.17) is 11.6 Å². The van der Waals surface area contributed by atoms with Gasteiger partial charge in [-0.2, -0.15) is 13.2 Å². The summed E-state index contributed by atoms with van der Waals surface area (Å²) in [6.07, 6.45) is -2.80. The van der Waals surface area contributed by atoms with Crippen LogP contribution in [-0.4, -0.2) is 11.3 Å². The quantitative estimate of drug-likeness (QED) is 0.610. The number of rotatable bonds is 2. The Kier molecular flexibility index (Phi) is 3.57. The van der Waals surface area contributed by atoms with Gasteiger partial charge >= 0.3 is 6.18 Å². The lowest BCUT2D eigenvalue weighted by Crippen LogP contribution is -2.07. The van der Waals surface area contributed by atoms with E-state index in [1.54, 1.807) is 0 Å². The number of hydrogen-bond donors (Lipinski definition) is 0. The van der Waals surface area contributed by atoms with E-state index in [2.05, 4.69) is 4.98 Å². The van der Waals surface area contributed by atoms with Gasteiger partial charge in [0.15, 0.2) is 6.29 Å². The van der Waals surface area contributed by atoms with E-state index in [-0.39, 0.29) is 21.8 Å². The molecule has 0 amide bonds. The summed E-state index contributed by atoms with van der Waals surface area (Å²) in [6.45, 7) is 0. The lowest BCUT2D eigenvalue weighted by atomic mass is 10.00.